The molecule has 110 valence electrons. The maximum atomic E-state index is 13.4. The second kappa shape index (κ2) is 6.26. The summed E-state index contributed by atoms with van der Waals surface area (Å²) < 4.78 is 23.9. The van der Waals surface area contributed by atoms with E-state index in [-0.39, 0.29) is 23.7 Å². The third-order valence-electron chi connectivity index (χ3n) is 2.91. The Bertz CT molecular complexity index is 667. The summed E-state index contributed by atoms with van der Waals surface area (Å²) in [7, 11) is 0. The maximum Gasteiger partial charge on any atom is 0.341 e. The van der Waals surface area contributed by atoms with Crippen LogP contribution in [0.15, 0.2) is 36.4 Å². The van der Waals surface area contributed by atoms with E-state index in [1.54, 1.807) is 26.0 Å². The van der Waals surface area contributed by atoms with Crippen LogP contribution < -0.4 is 4.74 Å². The van der Waals surface area contributed by atoms with Gasteiger partial charge >= 0.3 is 5.97 Å². The quantitative estimate of drug-likeness (QED) is 0.870. The number of carbonyl (C=O) groups excluding carboxylic acids is 1. The van der Waals surface area contributed by atoms with Crippen LogP contribution in [-0.4, -0.2) is 17.7 Å². The molecular formula is C16H15FO4. The van der Waals surface area contributed by atoms with Gasteiger partial charge in [0, 0.05) is 11.6 Å². The van der Waals surface area contributed by atoms with Gasteiger partial charge in [0.25, 0.3) is 0 Å². The van der Waals surface area contributed by atoms with Crippen molar-refractivity contribution in [2.45, 2.75) is 13.8 Å². The number of rotatable bonds is 4. The lowest BCUT2D eigenvalue weighted by atomic mass is 10.1. The van der Waals surface area contributed by atoms with Crippen molar-refractivity contribution in [3.05, 3.63) is 53.3 Å². The van der Waals surface area contributed by atoms with Crippen LogP contribution in [0.5, 0.6) is 17.2 Å². The zero-order valence-electron chi connectivity index (χ0n) is 11.7. The lowest BCUT2D eigenvalue weighted by molar-refractivity contribution is 0.0523. The molecular weight excluding hydrogens is 275 g/mol. The Balaban J connectivity index is 2.41. The molecule has 0 heterocycles. The summed E-state index contributed by atoms with van der Waals surface area (Å²) in [6, 6.07) is 8.31. The molecule has 0 atom stereocenters. The molecule has 0 saturated carbocycles. The molecule has 0 aliphatic rings. The first-order valence-corrected chi connectivity index (χ1v) is 6.46. The SMILES string of the molecule is CCOC(=O)c1ccc(F)cc1Oc1cccc(O)c1C. The number of esters is 1. The van der Waals surface area contributed by atoms with Gasteiger partial charge < -0.3 is 14.6 Å². The van der Waals surface area contributed by atoms with Gasteiger partial charge in [-0.3, -0.25) is 0 Å². The van der Waals surface area contributed by atoms with Crippen molar-refractivity contribution in [3.8, 4) is 17.2 Å². The fourth-order valence-electron chi connectivity index (χ4n) is 1.79. The molecule has 0 bridgehead atoms. The van der Waals surface area contributed by atoms with Gasteiger partial charge in [-0.05, 0) is 38.1 Å². The standard InChI is InChI=1S/C16H15FO4/c1-3-20-16(19)12-8-7-11(17)9-15(12)21-14-6-4-5-13(18)10(14)2/h4-9,18H,3H2,1-2H3. The van der Waals surface area contributed by atoms with Crippen molar-refractivity contribution in [3.63, 3.8) is 0 Å². The number of halogens is 1. The number of phenolic OH excluding ortho intramolecular Hbond substituents is 1. The van der Waals surface area contributed by atoms with E-state index in [1.165, 1.54) is 12.1 Å². The fourth-order valence-corrected chi connectivity index (χ4v) is 1.79. The van der Waals surface area contributed by atoms with Gasteiger partial charge in [0.05, 0.1) is 6.61 Å². The van der Waals surface area contributed by atoms with E-state index in [9.17, 15) is 14.3 Å². The lowest BCUT2D eigenvalue weighted by Gasteiger charge is -2.13. The van der Waals surface area contributed by atoms with Gasteiger partial charge in [0.15, 0.2) is 0 Å². The van der Waals surface area contributed by atoms with Gasteiger partial charge in [-0.2, -0.15) is 0 Å². The number of hydrogen-bond acceptors (Lipinski definition) is 4. The van der Waals surface area contributed by atoms with Crippen molar-refractivity contribution >= 4 is 5.97 Å². The summed E-state index contributed by atoms with van der Waals surface area (Å²) in [5.41, 5.74) is 0.623. The molecule has 4 nitrogen and oxygen atoms in total. The van der Waals surface area contributed by atoms with E-state index in [1.807, 2.05) is 0 Å². The van der Waals surface area contributed by atoms with E-state index >= 15 is 0 Å². The van der Waals surface area contributed by atoms with Crippen molar-refractivity contribution < 1.29 is 23.8 Å². The fraction of sp³-hybridized carbons (Fsp3) is 0.188. The molecule has 2 aromatic carbocycles. The highest BCUT2D eigenvalue weighted by atomic mass is 19.1. The van der Waals surface area contributed by atoms with Gasteiger partial charge in [-0.15, -0.1) is 0 Å². The van der Waals surface area contributed by atoms with Crippen molar-refractivity contribution in [1.82, 2.24) is 0 Å². The molecule has 0 spiro atoms. The first-order valence-electron chi connectivity index (χ1n) is 6.46. The van der Waals surface area contributed by atoms with Crippen LogP contribution in [0, 0.1) is 12.7 Å². The van der Waals surface area contributed by atoms with Crippen LogP contribution in [0.1, 0.15) is 22.8 Å². The minimum absolute atomic E-state index is 0.0437. The van der Waals surface area contributed by atoms with Crippen LogP contribution in [-0.2, 0) is 4.74 Å². The zero-order chi connectivity index (χ0) is 15.4. The lowest BCUT2D eigenvalue weighted by Crippen LogP contribution is -2.07. The molecule has 0 aliphatic carbocycles. The second-order valence-electron chi connectivity index (χ2n) is 4.36. The minimum Gasteiger partial charge on any atom is -0.508 e. The van der Waals surface area contributed by atoms with Crippen LogP contribution in [0.3, 0.4) is 0 Å². The van der Waals surface area contributed by atoms with E-state index < -0.39 is 11.8 Å². The highest BCUT2D eigenvalue weighted by molar-refractivity contribution is 5.92. The Labute approximate surface area is 121 Å². The van der Waals surface area contributed by atoms with Gasteiger partial charge in [0.2, 0.25) is 0 Å². The summed E-state index contributed by atoms with van der Waals surface area (Å²) in [6.45, 7) is 3.55. The molecule has 2 rings (SSSR count). The Morgan fingerprint density at radius 1 is 1.24 bits per heavy atom. The average molecular weight is 290 g/mol. The topological polar surface area (TPSA) is 55.8 Å². The number of ether oxygens (including phenoxy) is 2. The molecule has 5 heteroatoms. The first-order chi connectivity index (χ1) is 10.0. The van der Waals surface area contributed by atoms with Crippen molar-refractivity contribution in [2.75, 3.05) is 6.61 Å². The van der Waals surface area contributed by atoms with E-state index in [0.717, 1.165) is 12.1 Å². The van der Waals surface area contributed by atoms with Crippen molar-refractivity contribution in [1.29, 1.82) is 0 Å². The molecule has 0 aromatic heterocycles. The summed E-state index contributed by atoms with van der Waals surface area (Å²) in [6.07, 6.45) is 0. The molecule has 1 N–H and O–H groups in total. The third kappa shape index (κ3) is 3.31. The Hall–Kier alpha value is -2.56. The number of aromatic hydroxyl groups is 1. The predicted octanol–water partition coefficient (Wildman–Crippen LogP) is 3.81. The number of phenols is 1. The van der Waals surface area contributed by atoms with Gasteiger partial charge in [-0.1, -0.05) is 6.07 Å². The summed E-state index contributed by atoms with van der Waals surface area (Å²) in [4.78, 5) is 11.8. The maximum absolute atomic E-state index is 13.4. The summed E-state index contributed by atoms with van der Waals surface area (Å²) in [5, 5.41) is 9.65. The number of benzene rings is 2. The molecule has 0 unspecified atom stereocenters. The summed E-state index contributed by atoms with van der Waals surface area (Å²) in [5.74, 6) is -0.684. The van der Waals surface area contributed by atoms with Gasteiger partial charge in [0.1, 0.15) is 28.6 Å². The zero-order valence-corrected chi connectivity index (χ0v) is 11.7. The van der Waals surface area contributed by atoms with E-state index in [0.29, 0.717) is 11.3 Å². The Kier molecular flexibility index (Phi) is 4.42. The monoisotopic (exact) mass is 290 g/mol. The number of carbonyl (C=O) groups is 1. The Morgan fingerprint density at radius 2 is 2.00 bits per heavy atom. The minimum atomic E-state index is -0.592. The molecule has 2 aromatic rings. The van der Waals surface area contributed by atoms with Crippen molar-refractivity contribution in [2.24, 2.45) is 0 Å². The largest absolute Gasteiger partial charge is 0.508 e. The highest BCUT2D eigenvalue weighted by Crippen LogP contribution is 2.32. The highest BCUT2D eigenvalue weighted by Gasteiger charge is 2.16. The molecule has 0 amide bonds. The molecule has 0 radical (unpaired) electrons. The molecule has 0 saturated heterocycles. The van der Waals surface area contributed by atoms with E-state index in [2.05, 4.69) is 0 Å². The van der Waals surface area contributed by atoms with E-state index in [4.69, 9.17) is 9.47 Å². The smallest absolute Gasteiger partial charge is 0.341 e. The molecule has 0 fully saturated rings. The third-order valence-corrected chi connectivity index (χ3v) is 2.91. The Morgan fingerprint density at radius 3 is 2.71 bits per heavy atom. The average Bonchev–Trinajstić information content (AvgIpc) is 2.44. The van der Waals surface area contributed by atoms with Crippen LogP contribution in [0.2, 0.25) is 0 Å². The first kappa shape index (κ1) is 14.8. The van der Waals surface area contributed by atoms with Gasteiger partial charge in [-0.25, -0.2) is 9.18 Å². The predicted molar refractivity (Wildman–Crippen MR) is 75.3 cm³/mol. The van der Waals surface area contributed by atoms with Crippen LogP contribution >= 0.6 is 0 Å². The second-order valence-corrected chi connectivity index (χ2v) is 4.36. The number of hydrogen-bond donors (Lipinski definition) is 1. The van der Waals surface area contributed by atoms with Crippen LogP contribution in [0.4, 0.5) is 4.39 Å². The summed E-state index contributed by atoms with van der Waals surface area (Å²) >= 11 is 0. The molecule has 21 heavy (non-hydrogen) atoms. The molecule has 0 aliphatic heterocycles. The van der Waals surface area contributed by atoms with Crippen LogP contribution in [0.25, 0.3) is 0 Å². The normalized spacial score (nSPS) is 10.2.